The van der Waals surface area contributed by atoms with Crippen molar-refractivity contribution in [3.8, 4) is 11.5 Å². The number of nitro benzene ring substituents is 1. The summed E-state index contributed by atoms with van der Waals surface area (Å²) < 4.78 is 4.88. The van der Waals surface area contributed by atoms with Gasteiger partial charge in [0.15, 0.2) is 10.9 Å². The molecule has 0 aliphatic rings. The molecule has 132 valence electrons. The SMILES string of the molecule is CCc1nc(N)sc1C(=O)NN=Cc1cc(OC)c(O)c([N+](=O)[O-])c1. The number of methoxy groups -OCH3 is 1. The molecule has 0 spiro atoms. The van der Waals surface area contributed by atoms with Gasteiger partial charge in [-0.05, 0) is 12.5 Å². The smallest absolute Gasteiger partial charge is 0.315 e. The Morgan fingerprint density at radius 1 is 1.60 bits per heavy atom. The quantitative estimate of drug-likeness (QED) is 0.400. The minimum atomic E-state index is -0.749. The average Bonchev–Trinajstić information content (AvgIpc) is 2.96. The number of benzene rings is 1. The number of aryl methyl sites for hydroxylation is 1. The van der Waals surface area contributed by atoms with E-state index in [0.717, 1.165) is 17.4 Å². The zero-order chi connectivity index (χ0) is 18.6. The lowest BCUT2D eigenvalue weighted by molar-refractivity contribution is -0.386. The number of carbonyl (C=O) groups excluding carboxylic acids is 1. The second-order valence-electron chi connectivity index (χ2n) is 4.73. The highest BCUT2D eigenvalue weighted by molar-refractivity contribution is 7.17. The Bertz CT molecular complexity index is 848. The fourth-order valence-corrected chi connectivity index (χ4v) is 2.80. The van der Waals surface area contributed by atoms with Crippen LogP contribution in [0.1, 0.15) is 27.9 Å². The molecule has 1 aromatic carbocycles. The Labute approximate surface area is 146 Å². The van der Waals surface area contributed by atoms with E-state index in [9.17, 15) is 20.0 Å². The molecule has 10 nitrogen and oxygen atoms in total. The number of phenolic OH excluding ortho intramolecular Hbond substituents is 1. The van der Waals surface area contributed by atoms with Crippen LogP contribution in [0.2, 0.25) is 0 Å². The summed E-state index contributed by atoms with van der Waals surface area (Å²) in [5.41, 5.74) is 8.20. The molecule has 0 atom stereocenters. The van der Waals surface area contributed by atoms with Crippen molar-refractivity contribution in [2.45, 2.75) is 13.3 Å². The van der Waals surface area contributed by atoms with Crippen molar-refractivity contribution < 1.29 is 19.6 Å². The van der Waals surface area contributed by atoms with Crippen LogP contribution in [0.15, 0.2) is 17.2 Å². The van der Waals surface area contributed by atoms with E-state index in [1.54, 1.807) is 0 Å². The number of carbonyl (C=O) groups is 1. The normalized spacial score (nSPS) is 10.8. The molecule has 0 fully saturated rings. The third-order valence-corrected chi connectivity index (χ3v) is 4.05. The largest absolute Gasteiger partial charge is 0.500 e. The number of nitrogen functional groups attached to an aromatic ring is 1. The number of hydrogen-bond acceptors (Lipinski definition) is 9. The van der Waals surface area contributed by atoms with Crippen molar-refractivity contribution in [2.75, 3.05) is 12.8 Å². The van der Waals surface area contributed by atoms with Crippen LogP contribution >= 0.6 is 11.3 Å². The predicted molar refractivity (Wildman–Crippen MR) is 92.3 cm³/mol. The highest BCUT2D eigenvalue weighted by Gasteiger charge is 2.19. The van der Waals surface area contributed by atoms with Gasteiger partial charge in [-0.25, -0.2) is 10.4 Å². The molecule has 0 saturated heterocycles. The number of ether oxygens (including phenoxy) is 1. The number of aromatic nitrogens is 1. The van der Waals surface area contributed by atoms with Crippen LogP contribution in [-0.2, 0) is 6.42 Å². The molecule has 1 aromatic heterocycles. The van der Waals surface area contributed by atoms with Gasteiger partial charge in [0, 0.05) is 11.6 Å². The number of hydrazone groups is 1. The van der Waals surface area contributed by atoms with Crippen LogP contribution in [-0.4, -0.2) is 34.2 Å². The fraction of sp³-hybridized carbons (Fsp3) is 0.214. The molecule has 0 saturated carbocycles. The first-order valence-corrected chi connectivity index (χ1v) is 7.83. The first-order valence-electron chi connectivity index (χ1n) is 7.01. The van der Waals surface area contributed by atoms with Crippen molar-refractivity contribution in [3.63, 3.8) is 0 Å². The van der Waals surface area contributed by atoms with Crippen molar-refractivity contribution in [1.82, 2.24) is 10.4 Å². The molecule has 1 heterocycles. The first-order chi connectivity index (χ1) is 11.9. The number of nitrogens with one attached hydrogen (secondary N) is 1. The summed E-state index contributed by atoms with van der Waals surface area (Å²) in [6.07, 6.45) is 1.74. The fourth-order valence-electron chi connectivity index (χ4n) is 1.99. The summed E-state index contributed by atoms with van der Waals surface area (Å²) >= 11 is 1.05. The Morgan fingerprint density at radius 3 is 2.92 bits per heavy atom. The number of nitro groups is 1. The minimum Gasteiger partial charge on any atom is -0.500 e. The second kappa shape index (κ2) is 7.57. The van der Waals surface area contributed by atoms with Crippen LogP contribution in [0.5, 0.6) is 11.5 Å². The minimum absolute atomic E-state index is 0.0783. The maximum atomic E-state index is 12.1. The summed E-state index contributed by atoms with van der Waals surface area (Å²) in [5.74, 6) is -1.14. The van der Waals surface area contributed by atoms with Crippen LogP contribution in [0.4, 0.5) is 10.8 Å². The summed E-state index contributed by atoms with van der Waals surface area (Å²) in [5, 5.41) is 24.7. The molecule has 25 heavy (non-hydrogen) atoms. The number of aromatic hydroxyl groups is 1. The van der Waals surface area contributed by atoms with Crippen molar-refractivity contribution in [3.05, 3.63) is 38.4 Å². The summed E-state index contributed by atoms with van der Waals surface area (Å²) in [6.45, 7) is 1.84. The molecule has 4 N–H and O–H groups in total. The third kappa shape index (κ3) is 4.01. The van der Waals surface area contributed by atoms with Crippen molar-refractivity contribution in [2.24, 2.45) is 5.10 Å². The highest BCUT2D eigenvalue weighted by atomic mass is 32.1. The van der Waals surface area contributed by atoms with Crippen LogP contribution < -0.4 is 15.9 Å². The van der Waals surface area contributed by atoms with Crippen molar-refractivity contribution >= 4 is 34.3 Å². The molecule has 2 aromatic rings. The molecule has 0 bridgehead atoms. The first kappa shape index (κ1) is 18.1. The van der Waals surface area contributed by atoms with Crippen LogP contribution in [0.25, 0.3) is 0 Å². The van der Waals surface area contributed by atoms with Gasteiger partial charge in [-0.3, -0.25) is 14.9 Å². The number of anilines is 1. The Hall–Kier alpha value is -3.21. The Balaban J connectivity index is 2.20. The van der Waals surface area contributed by atoms with E-state index in [0.29, 0.717) is 17.0 Å². The number of rotatable bonds is 6. The summed E-state index contributed by atoms with van der Waals surface area (Å²) in [4.78, 5) is 26.7. The van der Waals surface area contributed by atoms with E-state index in [1.165, 1.54) is 19.4 Å². The Morgan fingerprint density at radius 2 is 2.32 bits per heavy atom. The van der Waals surface area contributed by atoms with Gasteiger partial charge in [0.1, 0.15) is 4.88 Å². The maximum Gasteiger partial charge on any atom is 0.315 e. The third-order valence-electron chi connectivity index (χ3n) is 3.13. The van der Waals surface area contributed by atoms with Gasteiger partial charge in [-0.15, -0.1) is 0 Å². The zero-order valence-electron chi connectivity index (χ0n) is 13.3. The van der Waals surface area contributed by atoms with E-state index in [-0.39, 0.29) is 16.4 Å². The topological polar surface area (TPSA) is 153 Å². The molecule has 1 amide bonds. The standard InChI is InChI=1S/C14H15N5O5S/c1-3-8-12(25-14(15)17-8)13(21)18-16-6-7-4-9(19(22)23)11(20)10(5-7)24-2/h4-6,20H,3H2,1-2H3,(H2,15,17)(H,18,21). The zero-order valence-corrected chi connectivity index (χ0v) is 14.2. The number of thiazole rings is 1. The summed E-state index contributed by atoms with van der Waals surface area (Å²) in [6, 6.07) is 2.45. The van der Waals surface area contributed by atoms with Gasteiger partial charge >= 0.3 is 5.69 Å². The van der Waals surface area contributed by atoms with Gasteiger partial charge in [0.25, 0.3) is 5.91 Å². The van der Waals surface area contributed by atoms with Gasteiger partial charge in [0.05, 0.1) is 23.9 Å². The van der Waals surface area contributed by atoms with Gasteiger partial charge < -0.3 is 15.6 Å². The molecule has 0 aliphatic carbocycles. The molecular formula is C14H15N5O5S. The van der Waals surface area contributed by atoms with Crippen LogP contribution in [0.3, 0.4) is 0 Å². The molecular weight excluding hydrogens is 350 g/mol. The lowest BCUT2D eigenvalue weighted by Crippen LogP contribution is -2.17. The van der Waals surface area contributed by atoms with Gasteiger partial charge in [-0.2, -0.15) is 5.10 Å². The van der Waals surface area contributed by atoms with E-state index in [2.05, 4.69) is 15.5 Å². The maximum absolute atomic E-state index is 12.1. The number of amides is 1. The number of nitrogens with two attached hydrogens (primary N) is 1. The van der Waals surface area contributed by atoms with Crippen LogP contribution in [0, 0.1) is 10.1 Å². The predicted octanol–water partition coefficient (Wildman–Crippen LogP) is 1.67. The highest BCUT2D eigenvalue weighted by Crippen LogP contribution is 2.36. The second-order valence-corrected chi connectivity index (χ2v) is 5.76. The average molecular weight is 365 g/mol. The number of nitrogens with zero attached hydrogens (tertiary/aromatic N) is 3. The van der Waals surface area contributed by atoms with E-state index in [4.69, 9.17) is 10.5 Å². The van der Waals surface area contributed by atoms with Crippen molar-refractivity contribution in [1.29, 1.82) is 0 Å². The molecule has 2 rings (SSSR count). The van der Waals surface area contributed by atoms with Gasteiger partial charge in [0.2, 0.25) is 5.75 Å². The molecule has 0 aliphatic heterocycles. The number of hydrogen-bond donors (Lipinski definition) is 3. The monoisotopic (exact) mass is 365 g/mol. The summed E-state index contributed by atoms with van der Waals surface area (Å²) in [7, 11) is 1.27. The lowest BCUT2D eigenvalue weighted by atomic mass is 10.2. The van der Waals surface area contributed by atoms with Gasteiger partial charge in [-0.1, -0.05) is 18.3 Å². The lowest BCUT2D eigenvalue weighted by Gasteiger charge is -2.05. The number of phenols is 1. The van der Waals surface area contributed by atoms with E-state index >= 15 is 0 Å². The van der Waals surface area contributed by atoms with E-state index in [1.807, 2.05) is 6.92 Å². The molecule has 0 unspecified atom stereocenters. The molecule has 0 radical (unpaired) electrons. The van der Waals surface area contributed by atoms with E-state index < -0.39 is 22.3 Å². The Kier molecular flexibility index (Phi) is 5.49. The molecule has 11 heteroatoms.